The Labute approximate surface area is 105 Å². The van der Waals surface area contributed by atoms with E-state index in [0.29, 0.717) is 12.5 Å². The molecule has 0 aromatic carbocycles. The molecule has 0 radical (unpaired) electrons. The molecule has 4 nitrogen and oxygen atoms in total. The van der Waals surface area contributed by atoms with E-state index in [2.05, 4.69) is 31.1 Å². The fourth-order valence-corrected chi connectivity index (χ4v) is 2.44. The molecule has 0 bridgehead atoms. The van der Waals surface area contributed by atoms with Crippen molar-refractivity contribution >= 4 is 0 Å². The van der Waals surface area contributed by atoms with Crippen molar-refractivity contribution in [2.45, 2.75) is 38.9 Å². The zero-order valence-electron chi connectivity index (χ0n) is 11.7. The molecule has 0 aromatic heterocycles. The van der Waals surface area contributed by atoms with E-state index in [9.17, 15) is 5.11 Å². The highest BCUT2D eigenvalue weighted by Crippen LogP contribution is 2.15. The first-order chi connectivity index (χ1) is 7.89. The van der Waals surface area contributed by atoms with Crippen molar-refractivity contribution in [3.63, 3.8) is 0 Å². The number of morpholine rings is 1. The minimum atomic E-state index is -0.616. The van der Waals surface area contributed by atoms with Gasteiger partial charge in [0.25, 0.3) is 0 Å². The van der Waals surface area contributed by atoms with E-state index in [-0.39, 0.29) is 6.10 Å². The van der Waals surface area contributed by atoms with Crippen LogP contribution in [-0.2, 0) is 4.74 Å². The third kappa shape index (κ3) is 6.36. The molecule has 0 aliphatic carbocycles. The van der Waals surface area contributed by atoms with Gasteiger partial charge in [-0.1, -0.05) is 13.8 Å². The minimum Gasteiger partial charge on any atom is -0.389 e. The molecular weight excluding hydrogens is 216 g/mol. The number of hydrogen-bond donors (Lipinski definition) is 2. The van der Waals surface area contributed by atoms with E-state index >= 15 is 0 Å². The molecule has 4 heteroatoms. The topological polar surface area (TPSA) is 44.7 Å². The van der Waals surface area contributed by atoms with Crippen LogP contribution >= 0.6 is 0 Å². The molecule has 1 saturated heterocycles. The van der Waals surface area contributed by atoms with Crippen LogP contribution in [0.2, 0.25) is 0 Å². The Bertz CT molecular complexity index is 219. The predicted molar refractivity (Wildman–Crippen MR) is 70.2 cm³/mol. The standard InChI is InChI=1S/C13H28N2O2/c1-11(2)7-13(3,16)10-14-8-12-9-15(4)5-6-17-12/h11-12,14,16H,5-10H2,1-4H3. The van der Waals surface area contributed by atoms with Crippen LogP contribution in [0.4, 0.5) is 0 Å². The number of likely N-dealkylation sites (N-methyl/N-ethyl adjacent to an activating group) is 1. The molecule has 1 rings (SSSR count). The van der Waals surface area contributed by atoms with Crippen LogP contribution in [0.1, 0.15) is 27.2 Å². The van der Waals surface area contributed by atoms with E-state index in [4.69, 9.17) is 4.74 Å². The average Bonchev–Trinajstić information content (AvgIpc) is 2.15. The lowest BCUT2D eigenvalue weighted by Crippen LogP contribution is -2.47. The maximum Gasteiger partial charge on any atom is 0.0826 e. The quantitative estimate of drug-likeness (QED) is 0.722. The lowest BCUT2D eigenvalue weighted by atomic mass is 9.94. The van der Waals surface area contributed by atoms with Gasteiger partial charge in [0.2, 0.25) is 0 Å². The summed E-state index contributed by atoms with van der Waals surface area (Å²) in [6.07, 6.45) is 1.08. The van der Waals surface area contributed by atoms with Gasteiger partial charge in [0.15, 0.2) is 0 Å². The van der Waals surface area contributed by atoms with Crippen molar-refractivity contribution in [2.75, 3.05) is 39.8 Å². The molecule has 0 spiro atoms. The van der Waals surface area contributed by atoms with Crippen molar-refractivity contribution in [1.29, 1.82) is 0 Å². The molecule has 1 fully saturated rings. The van der Waals surface area contributed by atoms with E-state index in [1.165, 1.54) is 0 Å². The van der Waals surface area contributed by atoms with Crippen molar-refractivity contribution < 1.29 is 9.84 Å². The van der Waals surface area contributed by atoms with Crippen molar-refractivity contribution in [3.05, 3.63) is 0 Å². The summed E-state index contributed by atoms with van der Waals surface area (Å²) in [5, 5.41) is 13.5. The normalized spacial score (nSPS) is 26.1. The highest BCUT2D eigenvalue weighted by atomic mass is 16.5. The first-order valence-corrected chi connectivity index (χ1v) is 6.62. The van der Waals surface area contributed by atoms with Gasteiger partial charge >= 0.3 is 0 Å². The summed E-state index contributed by atoms with van der Waals surface area (Å²) in [6.45, 7) is 10.4. The van der Waals surface area contributed by atoms with Gasteiger partial charge in [-0.3, -0.25) is 0 Å². The summed E-state index contributed by atoms with van der Waals surface area (Å²) in [7, 11) is 2.12. The van der Waals surface area contributed by atoms with Gasteiger partial charge in [0.05, 0.1) is 18.3 Å². The SMILES string of the molecule is CC(C)CC(C)(O)CNCC1CN(C)CCO1. The third-order valence-corrected chi connectivity index (χ3v) is 3.07. The minimum absolute atomic E-state index is 0.253. The van der Waals surface area contributed by atoms with Crippen LogP contribution < -0.4 is 5.32 Å². The summed E-state index contributed by atoms with van der Waals surface area (Å²) >= 11 is 0. The van der Waals surface area contributed by atoms with Crippen LogP contribution in [-0.4, -0.2) is 61.5 Å². The van der Waals surface area contributed by atoms with Gasteiger partial charge in [0, 0.05) is 26.2 Å². The number of hydrogen-bond acceptors (Lipinski definition) is 4. The van der Waals surface area contributed by atoms with Crippen LogP contribution in [0.15, 0.2) is 0 Å². The molecule has 2 atom stereocenters. The zero-order valence-corrected chi connectivity index (χ0v) is 11.7. The summed E-state index contributed by atoms with van der Waals surface area (Å²) in [6, 6.07) is 0. The second-order valence-corrected chi connectivity index (χ2v) is 5.98. The maximum atomic E-state index is 10.2. The number of rotatable bonds is 6. The summed E-state index contributed by atoms with van der Waals surface area (Å²) < 4.78 is 5.66. The van der Waals surface area contributed by atoms with Crippen molar-refractivity contribution in [2.24, 2.45) is 5.92 Å². The third-order valence-electron chi connectivity index (χ3n) is 3.07. The average molecular weight is 244 g/mol. The molecule has 2 unspecified atom stereocenters. The van der Waals surface area contributed by atoms with Gasteiger partial charge in [0.1, 0.15) is 0 Å². The lowest BCUT2D eigenvalue weighted by molar-refractivity contribution is -0.0229. The van der Waals surface area contributed by atoms with Crippen LogP contribution in [0, 0.1) is 5.92 Å². The highest BCUT2D eigenvalue weighted by molar-refractivity contribution is 4.79. The molecule has 102 valence electrons. The van der Waals surface area contributed by atoms with Crippen molar-refractivity contribution in [3.8, 4) is 0 Å². The molecule has 1 heterocycles. The van der Waals surface area contributed by atoms with Crippen molar-refractivity contribution in [1.82, 2.24) is 10.2 Å². The van der Waals surface area contributed by atoms with E-state index in [1.807, 2.05) is 6.92 Å². The molecule has 17 heavy (non-hydrogen) atoms. The Morgan fingerprint density at radius 2 is 2.24 bits per heavy atom. The smallest absolute Gasteiger partial charge is 0.0826 e. The fourth-order valence-electron chi connectivity index (χ4n) is 2.44. The van der Waals surface area contributed by atoms with Crippen LogP contribution in [0.25, 0.3) is 0 Å². The molecular formula is C13H28N2O2. The number of ether oxygens (including phenoxy) is 1. The largest absolute Gasteiger partial charge is 0.389 e. The molecule has 1 aliphatic rings. The Kier molecular flexibility index (Phi) is 5.86. The Morgan fingerprint density at radius 1 is 1.53 bits per heavy atom. The molecule has 0 amide bonds. The second kappa shape index (κ2) is 6.69. The predicted octanol–water partition coefficient (Wildman–Crippen LogP) is 0.704. The van der Waals surface area contributed by atoms with E-state index in [1.54, 1.807) is 0 Å². The van der Waals surface area contributed by atoms with Gasteiger partial charge in [-0.25, -0.2) is 0 Å². The number of aliphatic hydroxyl groups is 1. The monoisotopic (exact) mass is 244 g/mol. The Morgan fingerprint density at radius 3 is 2.82 bits per heavy atom. The second-order valence-electron chi connectivity index (χ2n) is 5.98. The summed E-state index contributed by atoms with van der Waals surface area (Å²) in [4.78, 5) is 2.28. The van der Waals surface area contributed by atoms with Gasteiger partial charge in [-0.05, 0) is 26.3 Å². The Balaban J connectivity index is 2.18. The first-order valence-electron chi connectivity index (χ1n) is 6.62. The van der Waals surface area contributed by atoms with Gasteiger partial charge in [-0.15, -0.1) is 0 Å². The maximum absolute atomic E-state index is 10.2. The van der Waals surface area contributed by atoms with Crippen LogP contribution in [0.3, 0.4) is 0 Å². The van der Waals surface area contributed by atoms with Gasteiger partial charge in [-0.2, -0.15) is 0 Å². The molecule has 0 saturated carbocycles. The summed E-state index contributed by atoms with van der Waals surface area (Å²) in [5.41, 5.74) is -0.616. The van der Waals surface area contributed by atoms with Crippen LogP contribution in [0.5, 0.6) is 0 Å². The van der Waals surface area contributed by atoms with E-state index in [0.717, 1.165) is 32.7 Å². The fraction of sp³-hybridized carbons (Fsp3) is 1.00. The Hall–Kier alpha value is -0.160. The molecule has 2 N–H and O–H groups in total. The van der Waals surface area contributed by atoms with E-state index < -0.39 is 5.60 Å². The van der Waals surface area contributed by atoms with Gasteiger partial charge < -0.3 is 20.1 Å². The lowest BCUT2D eigenvalue weighted by Gasteiger charge is -2.31. The number of nitrogens with one attached hydrogen (secondary N) is 1. The summed E-state index contributed by atoms with van der Waals surface area (Å²) in [5.74, 6) is 0.517. The molecule has 0 aromatic rings. The first kappa shape index (κ1) is 14.9. The highest BCUT2D eigenvalue weighted by Gasteiger charge is 2.23. The zero-order chi connectivity index (χ0) is 12.9. The number of nitrogens with zero attached hydrogens (tertiary/aromatic N) is 1. The molecule has 1 aliphatic heterocycles.